The summed E-state index contributed by atoms with van der Waals surface area (Å²) in [6.07, 6.45) is 3.20. The van der Waals surface area contributed by atoms with Gasteiger partial charge in [-0.1, -0.05) is 11.8 Å². The molecule has 5 heteroatoms. The second-order valence-corrected chi connectivity index (χ2v) is 3.46. The number of furan rings is 1. The monoisotopic (exact) mass is 235 g/mol. The van der Waals surface area contributed by atoms with E-state index >= 15 is 0 Å². The molecule has 5 nitrogen and oxygen atoms in total. The summed E-state index contributed by atoms with van der Waals surface area (Å²) in [7, 11) is 0. The molecule has 0 fully saturated rings. The van der Waals surface area contributed by atoms with Crippen LogP contribution < -0.4 is 16.8 Å². The van der Waals surface area contributed by atoms with E-state index in [1.807, 2.05) is 0 Å². The second-order valence-electron chi connectivity index (χ2n) is 3.46. The summed E-state index contributed by atoms with van der Waals surface area (Å²) < 4.78 is 5.10. The fourth-order valence-corrected chi connectivity index (χ4v) is 1.23. The summed E-state index contributed by atoms with van der Waals surface area (Å²) in [5, 5.41) is 2.74. The van der Waals surface area contributed by atoms with Gasteiger partial charge in [0.05, 0.1) is 12.1 Å². The average Bonchev–Trinajstić information content (AvgIpc) is 2.80. The minimum atomic E-state index is -0.234. The van der Waals surface area contributed by atoms with Crippen molar-refractivity contribution in [3.63, 3.8) is 0 Å². The molecule has 1 aromatic heterocycles. The standard InChI is InChI=1S/C12H17N3O2/c13-5-1-2-7-15-12(16)11-8-10(9-17-11)4-3-6-14/h8-9H,1-2,5-7,13-14H2,(H,15,16). The Balaban J connectivity index is 2.43. The molecule has 0 saturated heterocycles. The van der Waals surface area contributed by atoms with Gasteiger partial charge in [-0.25, -0.2) is 0 Å². The van der Waals surface area contributed by atoms with Gasteiger partial charge >= 0.3 is 0 Å². The first-order valence-corrected chi connectivity index (χ1v) is 5.53. The summed E-state index contributed by atoms with van der Waals surface area (Å²) >= 11 is 0. The van der Waals surface area contributed by atoms with Crippen LogP contribution in [0.25, 0.3) is 0 Å². The highest BCUT2D eigenvalue weighted by atomic mass is 16.3. The van der Waals surface area contributed by atoms with Crippen LogP contribution in [0.5, 0.6) is 0 Å². The van der Waals surface area contributed by atoms with Gasteiger partial charge in [0, 0.05) is 12.6 Å². The molecule has 0 unspecified atom stereocenters. The molecule has 17 heavy (non-hydrogen) atoms. The number of hydrogen-bond donors (Lipinski definition) is 3. The highest BCUT2D eigenvalue weighted by Crippen LogP contribution is 2.06. The molecule has 1 rings (SSSR count). The zero-order chi connectivity index (χ0) is 12.5. The molecule has 0 aliphatic carbocycles. The van der Waals surface area contributed by atoms with E-state index in [0.717, 1.165) is 12.8 Å². The highest BCUT2D eigenvalue weighted by molar-refractivity contribution is 5.91. The zero-order valence-electron chi connectivity index (χ0n) is 9.66. The molecule has 0 radical (unpaired) electrons. The maximum atomic E-state index is 11.6. The van der Waals surface area contributed by atoms with E-state index in [0.29, 0.717) is 18.7 Å². The van der Waals surface area contributed by atoms with Crippen molar-refractivity contribution in [2.45, 2.75) is 12.8 Å². The number of nitrogens with two attached hydrogens (primary N) is 2. The number of carbonyl (C=O) groups excluding carboxylic acids is 1. The van der Waals surface area contributed by atoms with Crippen molar-refractivity contribution >= 4 is 5.91 Å². The van der Waals surface area contributed by atoms with Crippen LogP contribution in [0.4, 0.5) is 0 Å². The van der Waals surface area contributed by atoms with Crippen molar-refractivity contribution < 1.29 is 9.21 Å². The molecule has 0 bridgehead atoms. The Morgan fingerprint density at radius 2 is 2.24 bits per heavy atom. The van der Waals surface area contributed by atoms with Gasteiger partial charge in [0.25, 0.3) is 5.91 Å². The van der Waals surface area contributed by atoms with E-state index in [1.165, 1.54) is 6.26 Å². The van der Waals surface area contributed by atoms with Gasteiger partial charge in [0.15, 0.2) is 5.76 Å². The number of amides is 1. The number of carbonyl (C=O) groups is 1. The van der Waals surface area contributed by atoms with Gasteiger partial charge in [-0.3, -0.25) is 4.79 Å². The van der Waals surface area contributed by atoms with Gasteiger partial charge in [-0.2, -0.15) is 0 Å². The van der Waals surface area contributed by atoms with Gasteiger partial charge in [0.1, 0.15) is 6.26 Å². The fourth-order valence-electron chi connectivity index (χ4n) is 1.23. The van der Waals surface area contributed by atoms with Crippen molar-refractivity contribution in [3.05, 3.63) is 23.7 Å². The van der Waals surface area contributed by atoms with E-state index < -0.39 is 0 Å². The van der Waals surface area contributed by atoms with E-state index in [2.05, 4.69) is 17.2 Å². The Morgan fingerprint density at radius 3 is 2.94 bits per heavy atom. The predicted octanol–water partition coefficient (Wildman–Crippen LogP) is 0.0585. The molecule has 0 aliphatic rings. The lowest BCUT2D eigenvalue weighted by atomic mass is 10.3. The van der Waals surface area contributed by atoms with Crippen molar-refractivity contribution in [1.82, 2.24) is 5.32 Å². The first kappa shape index (κ1) is 13.3. The normalized spacial score (nSPS) is 9.53. The summed E-state index contributed by atoms with van der Waals surface area (Å²) in [6, 6.07) is 1.60. The summed E-state index contributed by atoms with van der Waals surface area (Å²) in [6.45, 7) is 1.52. The van der Waals surface area contributed by atoms with E-state index in [4.69, 9.17) is 15.9 Å². The number of nitrogens with one attached hydrogen (secondary N) is 1. The lowest BCUT2D eigenvalue weighted by Gasteiger charge is -2.01. The minimum absolute atomic E-state index is 0.234. The molecule has 5 N–H and O–H groups in total. The second kappa shape index (κ2) is 7.49. The summed E-state index contributed by atoms with van der Waals surface area (Å²) in [5.74, 6) is 5.51. The first-order chi connectivity index (χ1) is 8.27. The van der Waals surface area contributed by atoms with Gasteiger partial charge in [-0.15, -0.1) is 0 Å². The smallest absolute Gasteiger partial charge is 0.287 e. The molecule has 1 heterocycles. The number of unbranched alkanes of at least 4 members (excludes halogenated alkanes) is 1. The third-order valence-electron chi connectivity index (χ3n) is 2.07. The Bertz CT molecular complexity index is 415. The molecule has 0 aromatic carbocycles. The molecule has 92 valence electrons. The van der Waals surface area contributed by atoms with Crippen LogP contribution in [0.3, 0.4) is 0 Å². The van der Waals surface area contributed by atoms with Crippen molar-refractivity contribution in [2.75, 3.05) is 19.6 Å². The first-order valence-electron chi connectivity index (χ1n) is 5.53. The molecule has 0 aliphatic heterocycles. The fraction of sp³-hybridized carbons (Fsp3) is 0.417. The van der Waals surface area contributed by atoms with Crippen molar-refractivity contribution in [2.24, 2.45) is 11.5 Å². The zero-order valence-corrected chi connectivity index (χ0v) is 9.66. The molecule has 0 atom stereocenters. The van der Waals surface area contributed by atoms with Crippen LogP contribution in [0, 0.1) is 11.8 Å². The molecular weight excluding hydrogens is 218 g/mol. The van der Waals surface area contributed by atoms with E-state index in [-0.39, 0.29) is 18.2 Å². The lowest BCUT2D eigenvalue weighted by Crippen LogP contribution is -2.24. The molecule has 1 aromatic rings. The maximum Gasteiger partial charge on any atom is 0.287 e. The van der Waals surface area contributed by atoms with Crippen molar-refractivity contribution in [1.29, 1.82) is 0 Å². The van der Waals surface area contributed by atoms with Crippen LogP contribution in [-0.2, 0) is 0 Å². The number of rotatable bonds is 5. The third-order valence-corrected chi connectivity index (χ3v) is 2.07. The Labute approximate surface area is 101 Å². The van der Waals surface area contributed by atoms with Crippen LogP contribution in [0.2, 0.25) is 0 Å². The van der Waals surface area contributed by atoms with Gasteiger partial charge in [0.2, 0.25) is 0 Å². The van der Waals surface area contributed by atoms with Gasteiger partial charge in [-0.05, 0) is 19.4 Å². The summed E-state index contributed by atoms with van der Waals surface area (Å²) in [4.78, 5) is 11.6. The van der Waals surface area contributed by atoms with Crippen LogP contribution >= 0.6 is 0 Å². The van der Waals surface area contributed by atoms with Crippen LogP contribution in [0.1, 0.15) is 29.0 Å². The highest BCUT2D eigenvalue weighted by Gasteiger charge is 2.09. The van der Waals surface area contributed by atoms with E-state index in [1.54, 1.807) is 6.07 Å². The quantitative estimate of drug-likeness (QED) is 0.497. The summed E-state index contributed by atoms with van der Waals surface area (Å²) in [5.41, 5.74) is 11.2. The Hall–Kier alpha value is -1.77. The van der Waals surface area contributed by atoms with Crippen molar-refractivity contribution in [3.8, 4) is 11.8 Å². The SMILES string of the molecule is NCC#Cc1coc(C(=O)NCCCCN)c1. The molecule has 1 amide bonds. The minimum Gasteiger partial charge on any atom is -0.458 e. The van der Waals surface area contributed by atoms with Crippen LogP contribution in [-0.4, -0.2) is 25.5 Å². The molecule has 0 spiro atoms. The van der Waals surface area contributed by atoms with Gasteiger partial charge < -0.3 is 21.2 Å². The van der Waals surface area contributed by atoms with Crippen LogP contribution in [0.15, 0.2) is 16.7 Å². The maximum absolute atomic E-state index is 11.6. The molecular formula is C12H17N3O2. The average molecular weight is 235 g/mol. The van der Waals surface area contributed by atoms with E-state index in [9.17, 15) is 4.79 Å². The predicted molar refractivity (Wildman–Crippen MR) is 65.3 cm³/mol. The lowest BCUT2D eigenvalue weighted by molar-refractivity contribution is 0.0925. The molecule has 0 saturated carbocycles. The Kier molecular flexibility index (Phi) is 5.86. The largest absolute Gasteiger partial charge is 0.458 e. The number of hydrogen-bond acceptors (Lipinski definition) is 4. The topological polar surface area (TPSA) is 94.3 Å². The Morgan fingerprint density at radius 1 is 1.41 bits per heavy atom. The third kappa shape index (κ3) is 4.72.